The number of nitrogens with one attached hydrogen (secondary N) is 1. The highest BCUT2D eigenvalue weighted by molar-refractivity contribution is 5.75. The van der Waals surface area contributed by atoms with E-state index in [1.54, 1.807) is 6.20 Å². The first-order valence-electron chi connectivity index (χ1n) is 5.69. The topological polar surface area (TPSA) is 54.9 Å². The predicted octanol–water partition coefficient (Wildman–Crippen LogP) is 1.90. The number of amides is 1. The Hall–Kier alpha value is -1.45. The van der Waals surface area contributed by atoms with Crippen LogP contribution in [0.5, 0.6) is 0 Å². The van der Waals surface area contributed by atoms with Crippen LogP contribution in [0.15, 0.2) is 6.20 Å². The zero-order valence-electron chi connectivity index (χ0n) is 10.2. The first kappa shape index (κ1) is 12.6. The van der Waals surface area contributed by atoms with E-state index in [4.69, 9.17) is 0 Å². The number of aryl methyl sites for hydroxylation is 2. The van der Waals surface area contributed by atoms with E-state index in [1.807, 2.05) is 13.8 Å². The van der Waals surface area contributed by atoms with E-state index < -0.39 is 0 Å². The molecule has 0 atom stereocenters. The Balaban J connectivity index is 2.42. The van der Waals surface area contributed by atoms with Gasteiger partial charge in [0.25, 0.3) is 0 Å². The maximum absolute atomic E-state index is 11.4. The van der Waals surface area contributed by atoms with Crippen molar-refractivity contribution in [2.45, 2.75) is 46.6 Å². The van der Waals surface area contributed by atoms with E-state index in [1.165, 1.54) is 0 Å². The zero-order chi connectivity index (χ0) is 12.0. The molecule has 0 aliphatic carbocycles. The minimum atomic E-state index is 0.0851. The van der Waals surface area contributed by atoms with Gasteiger partial charge in [0.1, 0.15) is 0 Å². The molecular formula is C12H19N3O. The van der Waals surface area contributed by atoms with Gasteiger partial charge in [0, 0.05) is 6.42 Å². The van der Waals surface area contributed by atoms with Crippen LogP contribution in [0.4, 0.5) is 0 Å². The molecule has 1 rings (SSSR count). The lowest BCUT2D eigenvalue weighted by Gasteiger charge is -2.05. The SMILES string of the molecule is CCCCC(=O)NCc1cnc(C)c(C)n1. The Kier molecular flexibility index (Phi) is 4.89. The summed E-state index contributed by atoms with van der Waals surface area (Å²) in [5, 5.41) is 2.84. The van der Waals surface area contributed by atoms with Crippen molar-refractivity contribution >= 4 is 5.91 Å². The molecule has 16 heavy (non-hydrogen) atoms. The summed E-state index contributed by atoms with van der Waals surface area (Å²) in [5.41, 5.74) is 2.66. The van der Waals surface area contributed by atoms with Crippen LogP contribution in [-0.4, -0.2) is 15.9 Å². The van der Waals surface area contributed by atoms with E-state index in [0.29, 0.717) is 13.0 Å². The Bertz CT molecular complexity index is 363. The maximum atomic E-state index is 11.4. The smallest absolute Gasteiger partial charge is 0.220 e. The van der Waals surface area contributed by atoms with Gasteiger partial charge in [-0.2, -0.15) is 0 Å². The number of carbonyl (C=O) groups is 1. The molecule has 88 valence electrons. The van der Waals surface area contributed by atoms with Crippen molar-refractivity contribution < 1.29 is 4.79 Å². The van der Waals surface area contributed by atoms with Crippen LogP contribution in [0.25, 0.3) is 0 Å². The molecule has 0 saturated carbocycles. The summed E-state index contributed by atoms with van der Waals surface area (Å²) >= 11 is 0. The van der Waals surface area contributed by atoms with Gasteiger partial charge in [-0.15, -0.1) is 0 Å². The third-order valence-electron chi connectivity index (χ3n) is 2.47. The number of carbonyl (C=O) groups excluding carboxylic acids is 1. The molecule has 0 spiro atoms. The second-order valence-electron chi connectivity index (χ2n) is 3.91. The van der Waals surface area contributed by atoms with Gasteiger partial charge < -0.3 is 5.32 Å². The van der Waals surface area contributed by atoms with E-state index >= 15 is 0 Å². The van der Waals surface area contributed by atoms with E-state index in [-0.39, 0.29) is 5.91 Å². The Labute approximate surface area is 96.5 Å². The summed E-state index contributed by atoms with van der Waals surface area (Å²) in [6.45, 7) is 6.38. The number of aromatic nitrogens is 2. The number of rotatable bonds is 5. The largest absolute Gasteiger partial charge is 0.350 e. The van der Waals surface area contributed by atoms with Crippen molar-refractivity contribution in [3.05, 3.63) is 23.3 Å². The van der Waals surface area contributed by atoms with Crippen molar-refractivity contribution in [3.8, 4) is 0 Å². The number of nitrogens with zero attached hydrogens (tertiary/aromatic N) is 2. The van der Waals surface area contributed by atoms with Crippen LogP contribution in [0.3, 0.4) is 0 Å². The minimum absolute atomic E-state index is 0.0851. The normalized spacial score (nSPS) is 10.2. The highest BCUT2D eigenvalue weighted by Gasteiger charge is 2.02. The minimum Gasteiger partial charge on any atom is -0.350 e. The summed E-state index contributed by atoms with van der Waals surface area (Å²) < 4.78 is 0. The first-order chi connectivity index (χ1) is 7.63. The molecule has 1 aromatic rings. The third-order valence-corrected chi connectivity index (χ3v) is 2.47. The lowest BCUT2D eigenvalue weighted by molar-refractivity contribution is -0.121. The van der Waals surface area contributed by atoms with Crippen molar-refractivity contribution in [1.29, 1.82) is 0 Å². The van der Waals surface area contributed by atoms with Gasteiger partial charge >= 0.3 is 0 Å². The summed E-state index contributed by atoms with van der Waals surface area (Å²) in [6.07, 6.45) is 4.28. The fourth-order valence-corrected chi connectivity index (χ4v) is 1.29. The molecule has 1 aromatic heterocycles. The van der Waals surface area contributed by atoms with Gasteiger partial charge in [-0.25, -0.2) is 0 Å². The molecule has 0 saturated heterocycles. The van der Waals surface area contributed by atoms with Gasteiger partial charge in [-0.3, -0.25) is 14.8 Å². The van der Waals surface area contributed by atoms with Crippen molar-refractivity contribution in [3.63, 3.8) is 0 Å². The first-order valence-corrected chi connectivity index (χ1v) is 5.69. The highest BCUT2D eigenvalue weighted by atomic mass is 16.1. The molecule has 0 aliphatic rings. The van der Waals surface area contributed by atoms with Crippen LogP contribution in [0.2, 0.25) is 0 Å². The van der Waals surface area contributed by atoms with Crippen molar-refractivity contribution in [1.82, 2.24) is 15.3 Å². The molecule has 0 fully saturated rings. The standard InChI is InChI=1S/C12H19N3O/c1-4-5-6-12(16)14-8-11-7-13-9(2)10(3)15-11/h7H,4-6,8H2,1-3H3,(H,14,16). The molecule has 0 aliphatic heterocycles. The molecular weight excluding hydrogens is 202 g/mol. The molecule has 0 radical (unpaired) electrons. The summed E-state index contributed by atoms with van der Waals surface area (Å²) in [4.78, 5) is 19.9. The molecule has 4 heteroatoms. The number of hydrogen-bond donors (Lipinski definition) is 1. The van der Waals surface area contributed by atoms with Crippen LogP contribution < -0.4 is 5.32 Å². The van der Waals surface area contributed by atoms with E-state index in [9.17, 15) is 4.79 Å². The Morgan fingerprint density at radius 2 is 2.12 bits per heavy atom. The summed E-state index contributed by atoms with van der Waals surface area (Å²) in [5.74, 6) is 0.0851. The molecule has 1 heterocycles. The molecule has 4 nitrogen and oxygen atoms in total. The second-order valence-corrected chi connectivity index (χ2v) is 3.91. The van der Waals surface area contributed by atoms with Crippen LogP contribution in [0.1, 0.15) is 43.3 Å². The lowest BCUT2D eigenvalue weighted by atomic mass is 10.2. The lowest BCUT2D eigenvalue weighted by Crippen LogP contribution is -2.23. The second kappa shape index (κ2) is 6.20. The van der Waals surface area contributed by atoms with E-state index in [0.717, 1.165) is 29.9 Å². The zero-order valence-corrected chi connectivity index (χ0v) is 10.2. The molecule has 0 unspecified atom stereocenters. The van der Waals surface area contributed by atoms with Crippen LogP contribution in [-0.2, 0) is 11.3 Å². The molecule has 0 aromatic carbocycles. The number of unbranched alkanes of at least 4 members (excludes halogenated alkanes) is 1. The van der Waals surface area contributed by atoms with Crippen molar-refractivity contribution in [2.75, 3.05) is 0 Å². The van der Waals surface area contributed by atoms with Gasteiger partial charge in [0.15, 0.2) is 0 Å². The van der Waals surface area contributed by atoms with Crippen molar-refractivity contribution in [2.24, 2.45) is 0 Å². The average molecular weight is 221 g/mol. The maximum Gasteiger partial charge on any atom is 0.220 e. The van der Waals surface area contributed by atoms with Crippen LogP contribution >= 0.6 is 0 Å². The van der Waals surface area contributed by atoms with Crippen LogP contribution in [0, 0.1) is 13.8 Å². The van der Waals surface area contributed by atoms with E-state index in [2.05, 4.69) is 22.2 Å². The quantitative estimate of drug-likeness (QED) is 0.826. The number of hydrogen-bond acceptors (Lipinski definition) is 3. The Morgan fingerprint density at radius 1 is 1.38 bits per heavy atom. The molecule has 0 bridgehead atoms. The van der Waals surface area contributed by atoms with Gasteiger partial charge in [-0.05, 0) is 20.3 Å². The summed E-state index contributed by atoms with van der Waals surface area (Å²) in [6, 6.07) is 0. The fraction of sp³-hybridized carbons (Fsp3) is 0.583. The van der Waals surface area contributed by atoms with Gasteiger partial charge in [-0.1, -0.05) is 13.3 Å². The Morgan fingerprint density at radius 3 is 2.75 bits per heavy atom. The fourth-order valence-electron chi connectivity index (χ4n) is 1.29. The molecule has 1 amide bonds. The highest BCUT2D eigenvalue weighted by Crippen LogP contribution is 2.01. The third kappa shape index (κ3) is 3.96. The monoisotopic (exact) mass is 221 g/mol. The predicted molar refractivity (Wildman–Crippen MR) is 62.9 cm³/mol. The van der Waals surface area contributed by atoms with Gasteiger partial charge in [0.2, 0.25) is 5.91 Å². The van der Waals surface area contributed by atoms with Gasteiger partial charge in [0.05, 0.1) is 29.8 Å². The average Bonchev–Trinajstić information content (AvgIpc) is 2.28. The summed E-state index contributed by atoms with van der Waals surface area (Å²) in [7, 11) is 0. The molecule has 1 N–H and O–H groups in total.